The molecule has 1 aliphatic heterocycles. The maximum absolute atomic E-state index is 12.8. The number of rotatable bonds is 3. The van der Waals surface area contributed by atoms with Gasteiger partial charge in [0.25, 0.3) is 0 Å². The lowest BCUT2D eigenvalue weighted by Gasteiger charge is -2.65. The third-order valence-electron chi connectivity index (χ3n) is 7.49. The molecule has 4 aliphatic carbocycles. The van der Waals surface area contributed by atoms with Gasteiger partial charge in [-0.05, 0) is 68.1 Å². The summed E-state index contributed by atoms with van der Waals surface area (Å²) in [6.45, 7) is 8.31. The molecule has 0 aromatic heterocycles. The predicted octanol–water partition coefficient (Wildman–Crippen LogP) is 3.44. The van der Waals surface area contributed by atoms with E-state index in [0.717, 1.165) is 51.1 Å². The predicted molar refractivity (Wildman–Crippen MR) is 102 cm³/mol. The highest BCUT2D eigenvalue weighted by atomic mass is 16.2. The van der Waals surface area contributed by atoms with Crippen molar-refractivity contribution in [3.63, 3.8) is 0 Å². The Bertz CT molecular complexity index is 578. The van der Waals surface area contributed by atoms with Crippen molar-refractivity contribution in [3.05, 3.63) is 0 Å². The first-order valence-electron chi connectivity index (χ1n) is 10.6. The minimum Gasteiger partial charge on any atom is -0.343 e. The van der Waals surface area contributed by atoms with E-state index in [4.69, 9.17) is 0 Å². The fourth-order valence-corrected chi connectivity index (χ4v) is 7.55. The van der Waals surface area contributed by atoms with Crippen molar-refractivity contribution in [2.75, 3.05) is 13.1 Å². The lowest BCUT2D eigenvalue weighted by atomic mass is 9.43. The molecular formula is C21H35N3O2. The number of likely N-dealkylation sites (tertiary alicyclic amines) is 1. The third-order valence-corrected chi connectivity index (χ3v) is 7.49. The SMILES string of the molecule is CCC(=O)N1CCC(NC(=O)NC23CC4C[C@@](C)(C2)C[C@](C)(C4)C3)CC1. The van der Waals surface area contributed by atoms with Gasteiger partial charge in [0.15, 0.2) is 0 Å². The van der Waals surface area contributed by atoms with E-state index in [2.05, 4.69) is 24.5 Å². The van der Waals surface area contributed by atoms with Gasteiger partial charge in [0.1, 0.15) is 0 Å². The lowest BCUT2D eigenvalue weighted by Crippen LogP contribution is -2.66. The Balaban J connectivity index is 1.34. The molecule has 3 amide bonds. The van der Waals surface area contributed by atoms with Gasteiger partial charge >= 0.3 is 6.03 Å². The standard InChI is InChI=1S/C21H35N3O2/c1-4-17(25)24-7-5-16(6-8-24)22-18(26)23-21-11-15-9-19(2,13-21)12-20(3,10-15)14-21/h15-16H,4-14H2,1-3H3,(H2,22,23,26)/t15?,19-,20+,21?. The molecule has 1 saturated heterocycles. The van der Waals surface area contributed by atoms with Crippen LogP contribution in [0.1, 0.15) is 78.6 Å². The van der Waals surface area contributed by atoms with E-state index in [0.29, 0.717) is 17.3 Å². The van der Waals surface area contributed by atoms with Crippen LogP contribution in [0.15, 0.2) is 0 Å². The van der Waals surface area contributed by atoms with Crippen LogP contribution in [0.25, 0.3) is 0 Å². The number of urea groups is 1. The summed E-state index contributed by atoms with van der Waals surface area (Å²) >= 11 is 0. The Morgan fingerprint density at radius 3 is 2.15 bits per heavy atom. The van der Waals surface area contributed by atoms with Gasteiger partial charge in [0, 0.05) is 31.1 Å². The van der Waals surface area contributed by atoms with Gasteiger partial charge in [-0.25, -0.2) is 4.79 Å². The molecule has 0 radical (unpaired) electrons. The van der Waals surface area contributed by atoms with Gasteiger partial charge in [-0.1, -0.05) is 20.8 Å². The fraction of sp³-hybridized carbons (Fsp3) is 0.905. The molecule has 5 nitrogen and oxygen atoms in total. The van der Waals surface area contributed by atoms with Crippen LogP contribution in [0.4, 0.5) is 4.79 Å². The van der Waals surface area contributed by atoms with Gasteiger partial charge in [0.2, 0.25) is 5.91 Å². The van der Waals surface area contributed by atoms with Gasteiger partial charge in [0.05, 0.1) is 0 Å². The highest BCUT2D eigenvalue weighted by Crippen LogP contribution is 2.66. The fourth-order valence-electron chi connectivity index (χ4n) is 7.55. The van der Waals surface area contributed by atoms with Crippen molar-refractivity contribution < 1.29 is 9.59 Å². The average Bonchev–Trinajstić information content (AvgIpc) is 2.50. The van der Waals surface area contributed by atoms with Crippen molar-refractivity contribution in [1.82, 2.24) is 15.5 Å². The molecule has 0 aromatic carbocycles. The van der Waals surface area contributed by atoms with Crippen LogP contribution in [0.5, 0.6) is 0 Å². The summed E-state index contributed by atoms with van der Waals surface area (Å²) in [6, 6.07) is 0.204. The first kappa shape index (κ1) is 18.1. The molecule has 4 bridgehead atoms. The normalized spacial score (nSPS) is 42.0. The summed E-state index contributed by atoms with van der Waals surface area (Å²) in [5.41, 5.74) is 0.826. The lowest BCUT2D eigenvalue weighted by molar-refractivity contribution is -0.131. The summed E-state index contributed by atoms with van der Waals surface area (Å²) in [6.07, 6.45) is 9.76. The molecule has 5 aliphatic rings. The number of nitrogens with zero attached hydrogens (tertiary/aromatic N) is 1. The Morgan fingerprint density at radius 1 is 1.00 bits per heavy atom. The summed E-state index contributed by atoms with van der Waals surface area (Å²) in [5.74, 6) is 1.01. The minimum absolute atomic E-state index is 0.00583. The van der Waals surface area contributed by atoms with Crippen molar-refractivity contribution in [2.45, 2.75) is 90.1 Å². The number of hydrogen-bond acceptors (Lipinski definition) is 2. The van der Waals surface area contributed by atoms with Crippen molar-refractivity contribution in [1.29, 1.82) is 0 Å². The molecule has 26 heavy (non-hydrogen) atoms. The Morgan fingerprint density at radius 2 is 1.62 bits per heavy atom. The summed E-state index contributed by atoms with van der Waals surface area (Å²) in [5, 5.41) is 6.65. The molecule has 5 heteroatoms. The molecule has 4 saturated carbocycles. The first-order valence-corrected chi connectivity index (χ1v) is 10.6. The van der Waals surface area contributed by atoms with E-state index in [1.165, 1.54) is 19.3 Å². The monoisotopic (exact) mass is 361 g/mol. The minimum atomic E-state index is 0.00583. The van der Waals surface area contributed by atoms with Crippen molar-refractivity contribution >= 4 is 11.9 Å². The van der Waals surface area contributed by atoms with E-state index in [1.807, 2.05) is 11.8 Å². The molecule has 1 heterocycles. The van der Waals surface area contributed by atoms with Crippen LogP contribution in [-0.4, -0.2) is 41.5 Å². The second kappa shape index (κ2) is 6.13. The molecule has 0 aromatic rings. The van der Waals surface area contributed by atoms with Crippen LogP contribution in [0.3, 0.4) is 0 Å². The van der Waals surface area contributed by atoms with Crippen molar-refractivity contribution in [2.24, 2.45) is 16.7 Å². The Hall–Kier alpha value is -1.26. The molecule has 4 atom stereocenters. The zero-order valence-electron chi connectivity index (χ0n) is 16.7. The van der Waals surface area contributed by atoms with Gasteiger partial charge < -0.3 is 15.5 Å². The number of amides is 3. The number of hydrogen-bond donors (Lipinski definition) is 2. The molecule has 0 spiro atoms. The van der Waals surface area contributed by atoms with Crippen LogP contribution in [0.2, 0.25) is 0 Å². The molecule has 2 unspecified atom stereocenters. The van der Waals surface area contributed by atoms with Crippen LogP contribution in [0, 0.1) is 16.7 Å². The van der Waals surface area contributed by atoms with Gasteiger partial charge in [-0.15, -0.1) is 0 Å². The zero-order valence-corrected chi connectivity index (χ0v) is 16.7. The Labute approximate surface area is 157 Å². The third kappa shape index (κ3) is 3.34. The zero-order chi connectivity index (χ0) is 18.6. The Kier molecular flexibility index (Phi) is 4.27. The highest BCUT2D eigenvalue weighted by Gasteiger charge is 2.60. The number of carbonyl (C=O) groups excluding carboxylic acids is 2. The van der Waals surface area contributed by atoms with Gasteiger partial charge in [-0.2, -0.15) is 0 Å². The van der Waals surface area contributed by atoms with E-state index < -0.39 is 0 Å². The quantitative estimate of drug-likeness (QED) is 0.809. The summed E-state index contributed by atoms with van der Waals surface area (Å²) in [4.78, 5) is 26.5. The number of piperidine rings is 1. The first-order chi connectivity index (χ1) is 12.2. The van der Waals surface area contributed by atoms with E-state index >= 15 is 0 Å². The molecular weight excluding hydrogens is 326 g/mol. The molecule has 5 rings (SSSR count). The summed E-state index contributed by atoms with van der Waals surface area (Å²) < 4.78 is 0. The maximum atomic E-state index is 12.8. The maximum Gasteiger partial charge on any atom is 0.315 e. The number of carbonyl (C=O) groups is 2. The molecule has 5 fully saturated rings. The molecule has 2 N–H and O–H groups in total. The van der Waals surface area contributed by atoms with Crippen LogP contribution >= 0.6 is 0 Å². The molecule has 146 valence electrons. The van der Waals surface area contributed by atoms with Crippen LogP contribution < -0.4 is 10.6 Å². The van der Waals surface area contributed by atoms with Gasteiger partial charge in [-0.3, -0.25) is 4.79 Å². The van der Waals surface area contributed by atoms with E-state index in [1.54, 1.807) is 0 Å². The van der Waals surface area contributed by atoms with E-state index in [9.17, 15) is 9.59 Å². The van der Waals surface area contributed by atoms with Crippen molar-refractivity contribution in [3.8, 4) is 0 Å². The second-order valence-corrected chi connectivity index (χ2v) is 10.5. The van der Waals surface area contributed by atoms with Crippen LogP contribution in [-0.2, 0) is 4.79 Å². The second-order valence-electron chi connectivity index (χ2n) is 10.5. The number of nitrogens with one attached hydrogen (secondary N) is 2. The smallest absolute Gasteiger partial charge is 0.315 e. The summed E-state index contributed by atoms with van der Waals surface area (Å²) in [7, 11) is 0. The van der Waals surface area contributed by atoms with E-state index in [-0.39, 0.29) is 23.5 Å². The largest absolute Gasteiger partial charge is 0.343 e. The highest BCUT2D eigenvalue weighted by molar-refractivity contribution is 5.76. The topological polar surface area (TPSA) is 61.4 Å². The average molecular weight is 362 g/mol.